The number of ether oxygens (including phenoxy) is 1. The zero-order valence-electron chi connectivity index (χ0n) is 16.9. The number of hydrogen-bond donors (Lipinski definition) is 1. The molecule has 3 aromatic carbocycles. The summed E-state index contributed by atoms with van der Waals surface area (Å²) in [6, 6.07) is 17.0. The number of anilines is 1. The summed E-state index contributed by atoms with van der Waals surface area (Å²) in [5.74, 6) is -2.99. The monoisotopic (exact) mass is 480 g/mol. The maximum Gasteiger partial charge on any atom is 0.420 e. The number of carbonyl (C=O) groups excluding carboxylic acids is 2. The second-order valence-electron chi connectivity index (χ2n) is 6.33. The number of amides is 1. The van der Waals surface area contributed by atoms with Gasteiger partial charge in [0.05, 0.1) is 16.1 Å². The van der Waals surface area contributed by atoms with Gasteiger partial charge in [-0.25, -0.2) is 0 Å². The molecular formula is C22H16ClF3N2O5. The molecule has 0 atom stereocenters. The molecule has 0 aliphatic heterocycles. The van der Waals surface area contributed by atoms with Crippen molar-refractivity contribution in [3.8, 4) is 5.75 Å². The van der Waals surface area contributed by atoms with Crippen molar-refractivity contribution >= 4 is 34.9 Å². The molecule has 172 valence electrons. The minimum atomic E-state index is -4.85. The number of para-hydroxylation sites is 1. The molecule has 33 heavy (non-hydrogen) atoms. The fraction of sp³-hybridized carbons (Fsp3) is 0.0909. The average molecular weight is 481 g/mol. The van der Waals surface area contributed by atoms with Crippen LogP contribution in [-0.4, -0.2) is 16.8 Å². The van der Waals surface area contributed by atoms with Gasteiger partial charge in [0.15, 0.2) is 5.75 Å². The first-order chi connectivity index (χ1) is 15.5. The zero-order valence-corrected chi connectivity index (χ0v) is 17.7. The molecule has 0 aromatic heterocycles. The summed E-state index contributed by atoms with van der Waals surface area (Å²) in [4.78, 5) is 33.5. The van der Waals surface area contributed by atoms with Gasteiger partial charge in [-0.2, -0.15) is 13.2 Å². The summed E-state index contributed by atoms with van der Waals surface area (Å²) in [6.07, 6.45) is -4.85. The molecule has 11 heteroatoms. The number of halogens is 4. The van der Waals surface area contributed by atoms with Gasteiger partial charge in [0, 0.05) is 29.8 Å². The first kappa shape index (κ1) is 25.3. The molecule has 3 rings (SSSR count). The van der Waals surface area contributed by atoms with E-state index in [0.717, 1.165) is 30.1 Å². The van der Waals surface area contributed by atoms with Crippen LogP contribution in [-0.2, 0) is 11.0 Å². The van der Waals surface area contributed by atoms with E-state index < -0.39 is 39.9 Å². The summed E-state index contributed by atoms with van der Waals surface area (Å²) in [6.45, 7) is 0.898. The highest BCUT2D eigenvalue weighted by Crippen LogP contribution is 2.38. The average Bonchev–Trinajstić information content (AvgIpc) is 2.74. The minimum absolute atomic E-state index is 0.00427. The molecule has 0 aliphatic rings. The molecule has 0 saturated carbocycles. The molecular weight excluding hydrogens is 465 g/mol. The third-order valence-corrected chi connectivity index (χ3v) is 4.11. The van der Waals surface area contributed by atoms with E-state index >= 15 is 0 Å². The molecule has 0 unspecified atom stereocenters. The highest BCUT2D eigenvalue weighted by molar-refractivity contribution is 6.30. The van der Waals surface area contributed by atoms with Gasteiger partial charge in [-0.3, -0.25) is 19.7 Å². The SMILES string of the molecule is CC(=O)Oc1c(C(=O)Nc2cccc([N+](=O)[O-])c2)cccc1C(F)(F)F.Clc1ccccc1. The van der Waals surface area contributed by atoms with E-state index in [1.54, 1.807) is 0 Å². The second-order valence-corrected chi connectivity index (χ2v) is 6.77. The van der Waals surface area contributed by atoms with Crippen molar-refractivity contribution in [1.29, 1.82) is 0 Å². The van der Waals surface area contributed by atoms with Crippen molar-refractivity contribution in [3.63, 3.8) is 0 Å². The molecule has 0 aliphatic carbocycles. The van der Waals surface area contributed by atoms with Gasteiger partial charge in [-0.15, -0.1) is 0 Å². The lowest BCUT2D eigenvalue weighted by atomic mass is 10.1. The van der Waals surface area contributed by atoms with Crippen LogP contribution >= 0.6 is 11.6 Å². The third-order valence-electron chi connectivity index (χ3n) is 3.86. The number of non-ortho nitro benzene ring substituents is 1. The third kappa shape index (κ3) is 7.62. The Balaban J connectivity index is 0.000000468. The van der Waals surface area contributed by atoms with Crippen molar-refractivity contribution in [3.05, 3.63) is 99.1 Å². The number of esters is 1. The van der Waals surface area contributed by atoms with Crippen molar-refractivity contribution in [2.24, 2.45) is 0 Å². The van der Waals surface area contributed by atoms with Crippen molar-refractivity contribution in [1.82, 2.24) is 0 Å². The van der Waals surface area contributed by atoms with Gasteiger partial charge in [0.1, 0.15) is 0 Å². The minimum Gasteiger partial charge on any atom is -0.425 e. The Labute approximate surface area is 190 Å². The van der Waals surface area contributed by atoms with Crippen LogP contribution in [0.15, 0.2) is 72.8 Å². The lowest BCUT2D eigenvalue weighted by Gasteiger charge is -2.15. The molecule has 0 heterocycles. The smallest absolute Gasteiger partial charge is 0.420 e. The molecule has 0 saturated heterocycles. The topological polar surface area (TPSA) is 98.5 Å². The number of nitrogens with one attached hydrogen (secondary N) is 1. The summed E-state index contributed by atoms with van der Waals surface area (Å²) >= 11 is 5.54. The quantitative estimate of drug-likeness (QED) is 0.209. The van der Waals surface area contributed by atoms with E-state index in [4.69, 9.17) is 11.6 Å². The predicted octanol–water partition coefficient (Wildman–Crippen LogP) is 6.13. The molecule has 3 aromatic rings. The predicted molar refractivity (Wildman–Crippen MR) is 115 cm³/mol. The van der Waals surface area contributed by atoms with E-state index in [9.17, 15) is 32.9 Å². The molecule has 1 N–H and O–H groups in total. The van der Waals surface area contributed by atoms with Gasteiger partial charge in [-0.1, -0.05) is 41.9 Å². The normalized spacial score (nSPS) is 10.5. The molecule has 0 spiro atoms. The molecule has 0 radical (unpaired) electrons. The van der Waals surface area contributed by atoms with Crippen molar-refractivity contribution < 1.29 is 32.4 Å². The fourth-order valence-electron chi connectivity index (χ4n) is 2.50. The maximum absolute atomic E-state index is 13.1. The fourth-order valence-corrected chi connectivity index (χ4v) is 2.65. The summed E-state index contributed by atoms with van der Waals surface area (Å²) in [5, 5.41) is 13.8. The largest absolute Gasteiger partial charge is 0.425 e. The van der Waals surface area contributed by atoms with Crippen molar-refractivity contribution in [2.75, 3.05) is 5.32 Å². The number of hydrogen-bond acceptors (Lipinski definition) is 5. The lowest BCUT2D eigenvalue weighted by Crippen LogP contribution is -2.18. The van der Waals surface area contributed by atoms with Crippen LogP contribution in [0.2, 0.25) is 5.02 Å². The molecule has 0 bridgehead atoms. The van der Waals surface area contributed by atoms with Crippen LogP contribution in [0.5, 0.6) is 5.75 Å². The first-order valence-electron chi connectivity index (χ1n) is 9.14. The van der Waals surface area contributed by atoms with Crippen LogP contribution in [0.25, 0.3) is 0 Å². The van der Waals surface area contributed by atoms with Crippen LogP contribution in [0, 0.1) is 10.1 Å². The summed E-state index contributed by atoms with van der Waals surface area (Å²) < 4.78 is 43.9. The molecule has 7 nitrogen and oxygen atoms in total. The summed E-state index contributed by atoms with van der Waals surface area (Å²) in [5.41, 5.74) is -2.15. The first-order valence-corrected chi connectivity index (χ1v) is 9.52. The second kappa shape index (κ2) is 11.1. The summed E-state index contributed by atoms with van der Waals surface area (Å²) in [7, 11) is 0. The number of rotatable bonds is 4. The van der Waals surface area contributed by atoms with E-state index in [0.29, 0.717) is 6.07 Å². The number of nitrogens with zero attached hydrogens (tertiary/aromatic N) is 1. The Morgan fingerprint density at radius 1 is 1.00 bits per heavy atom. The number of carbonyl (C=O) groups is 2. The van der Waals surface area contributed by atoms with Crippen LogP contribution in [0.4, 0.5) is 24.5 Å². The number of alkyl halides is 3. The van der Waals surface area contributed by atoms with Gasteiger partial charge in [0.25, 0.3) is 11.6 Å². The van der Waals surface area contributed by atoms with E-state index in [-0.39, 0.29) is 11.4 Å². The van der Waals surface area contributed by atoms with Gasteiger partial charge in [0.2, 0.25) is 0 Å². The Bertz CT molecular complexity index is 1150. The van der Waals surface area contributed by atoms with E-state index in [1.165, 1.54) is 18.2 Å². The van der Waals surface area contributed by atoms with E-state index in [2.05, 4.69) is 10.1 Å². The number of nitro benzene ring substituents is 1. The Hall–Kier alpha value is -3.92. The van der Waals surface area contributed by atoms with Crippen LogP contribution in [0.3, 0.4) is 0 Å². The highest BCUT2D eigenvalue weighted by Gasteiger charge is 2.37. The Morgan fingerprint density at radius 2 is 1.64 bits per heavy atom. The molecule has 1 amide bonds. The molecule has 0 fully saturated rings. The van der Waals surface area contributed by atoms with Gasteiger partial charge >= 0.3 is 12.1 Å². The van der Waals surface area contributed by atoms with Crippen LogP contribution in [0.1, 0.15) is 22.8 Å². The Kier molecular flexibility index (Phi) is 8.52. The maximum atomic E-state index is 13.1. The van der Waals surface area contributed by atoms with E-state index in [1.807, 2.05) is 30.3 Å². The lowest BCUT2D eigenvalue weighted by molar-refractivity contribution is -0.384. The highest BCUT2D eigenvalue weighted by atomic mass is 35.5. The number of benzene rings is 3. The van der Waals surface area contributed by atoms with Gasteiger partial charge in [-0.05, 0) is 30.3 Å². The zero-order chi connectivity index (χ0) is 24.6. The number of nitro groups is 1. The Morgan fingerprint density at radius 3 is 2.15 bits per heavy atom. The standard InChI is InChI=1S/C16H11F3N2O5.C6H5Cl/c1-9(22)26-14-12(6-3-7-13(14)16(17,18)19)15(23)20-10-4-2-5-11(8-10)21(24)25;7-6-4-2-1-3-5-6/h2-8H,1H3,(H,20,23);1-5H. The van der Waals surface area contributed by atoms with Crippen molar-refractivity contribution in [2.45, 2.75) is 13.1 Å². The van der Waals surface area contributed by atoms with Gasteiger partial charge < -0.3 is 10.1 Å². The van der Waals surface area contributed by atoms with Crippen LogP contribution < -0.4 is 10.1 Å².